The summed E-state index contributed by atoms with van der Waals surface area (Å²) in [5.74, 6) is 0.851. The van der Waals surface area contributed by atoms with Crippen molar-refractivity contribution in [3.05, 3.63) is 70.9 Å². The van der Waals surface area contributed by atoms with Crippen LogP contribution in [-0.2, 0) is 11.3 Å². The largest absolute Gasteiger partial charge is 0.497 e. The summed E-state index contributed by atoms with van der Waals surface area (Å²) in [6.45, 7) is 0.0227. The number of ether oxygens (including phenoxy) is 2. The summed E-state index contributed by atoms with van der Waals surface area (Å²) < 4.78 is 15.7. The zero-order valence-electron chi connectivity index (χ0n) is 12.9. The Bertz CT molecular complexity index is 842. The van der Waals surface area contributed by atoms with E-state index in [0.29, 0.717) is 22.0 Å². The number of rotatable bonds is 5. The third-order valence-corrected chi connectivity index (χ3v) is 3.60. The molecule has 0 aliphatic rings. The van der Waals surface area contributed by atoms with E-state index in [1.807, 2.05) is 24.3 Å². The van der Waals surface area contributed by atoms with E-state index < -0.39 is 5.97 Å². The third-order valence-electron chi connectivity index (χ3n) is 3.34. The molecule has 0 saturated heterocycles. The number of benzene rings is 2. The van der Waals surface area contributed by atoms with Gasteiger partial charge in [0.2, 0.25) is 0 Å². The minimum atomic E-state index is -0.447. The Morgan fingerprint density at radius 1 is 1.17 bits per heavy atom. The van der Waals surface area contributed by atoms with Crippen molar-refractivity contribution >= 4 is 17.6 Å². The summed E-state index contributed by atoms with van der Waals surface area (Å²) in [4.78, 5) is 11.9. The van der Waals surface area contributed by atoms with Crippen LogP contribution in [0.1, 0.15) is 16.1 Å². The van der Waals surface area contributed by atoms with Crippen LogP contribution in [0.25, 0.3) is 11.3 Å². The number of hydrogen-bond donors (Lipinski definition) is 0. The van der Waals surface area contributed by atoms with E-state index in [1.54, 1.807) is 37.4 Å². The smallest absolute Gasteiger partial charge is 0.338 e. The van der Waals surface area contributed by atoms with E-state index in [4.69, 9.17) is 25.6 Å². The Morgan fingerprint density at radius 2 is 1.96 bits per heavy atom. The number of halogens is 1. The molecule has 0 radical (unpaired) electrons. The fourth-order valence-electron chi connectivity index (χ4n) is 2.10. The number of methoxy groups -OCH3 is 1. The highest BCUT2D eigenvalue weighted by atomic mass is 35.5. The zero-order valence-corrected chi connectivity index (χ0v) is 13.6. The zero-order chi connectivity index (χ0) is 16.9. The molecule has 0 bridgehead atoms. The average molecular weight is 344 g/mol. The van der Waals surface area contributed by atoms with Crippen LogP contribution in [0.4, 0.5) is 0 Å². The second-order valence-electron chi connectivity index (χ2n) is 5.00. The highest BCUT2D eigenvalue weighted by molar-refractivity contribution is 6.30. The summed E-state index contributed by atoms with van der Waals surface area (Å²) in [7, 11) is 1.60. The molecule has 0 spiro atoms. The van der Waals surface area contributed by atoms with Gasteiger partial charge >= 0.3 is 5.97 Å². The third kappa shape index (κ3) is 3.75. The lowest BCUT2D eigenvalue weighted by molar-refractivity contribution is 0.0464. The van der Waals surface area contributed by atoms with E-state index in [-0.39, 0.29) is 6.61 Å². The van der Waals surface area contributed by atoms with Gasteiger partial charge in [0.1, 0.15) is 18.1 Å². The van der Waals surface area contributed by atoms with Gasteiger partial charge in [-0.2, -0.15) is 0 Å². The Hall–Kier alpha value is -2.79. The summed E-state index contributed by atoms with van der Waals surface area (Å²) >= 11 is 5.79. The van der Waals surface area contributed by atoms with Crippen molar-refractivity contribution in [1.29, 1.82) is 0 Å². The molecule has 122 valence electrons. The number of aromatic nitrogens is 1. The van der Waals surface area contributed by atoms with Gasteiger partial charge in [0.25, 0.3) is 0 Å². The van der Waals surface area contributed by atoms with Crippen molar-refractivity contribution in [1.82, 2.24) is 5.16 Å². The molecule has 0 N–H and O–H groups in total. The van der Waals surface area contributed by atoms with E-state index in [1.165, 1.54) is 0 Å². The fraction of sp³-hybridized carbons (Fsp3) is 0.111. The van der Waals surface area contributed by atoms with Crippen LogP contribution in [-0.4, -0.2) is 18.2 Å². The van der Waals surface area contributed by atoms with E-state index in [0.717, 1.165) is 11.3 Å². The minimum Gasteiger partial charge on any atom is -0.497 e. The molecule has 5 nitrogen and oxygen atoms in total. The topological polar surface area (TPSA) is 61.6 Å². The maximum absolute atomic E-state index is 11.9. The Morgan fingerprint density at radius 3 is 2.71 bits per heavy atom. The standard InChI is InChI=1S/C18H14ClNO4/c1-22-16-4-2-3-13(9-16)17-10-15(20-24-17)11-23-18(21)12-5-7-14(19)8-6-12/h2-10H,11H2,1H3. The molecular weight excluding hydrogens is 330 g/mol. The Kier molecular flexibility index (Phi) is 4.82. The quantitative estimate of drug-likeness (QED) is 0.644. The van der Waals surface area contributed by atoms with Gasteiger partial charge in [0.15, 0.2) is 5.76 Å². The van der Waals surface area contributed by atoms with Crippen molar-refractivity contribution in [2.45, 2.75) is 6.61 Å². The lowest BCUT2D eigenvalue weighted by atomic mass is 10.1. The minimum absolute atomic E-state index is 0.0227. The molecule has 0 aliphatic carbocycles. The van der Waals surface area contributed by atoms with Gasteiger partial charge in [-0.05, 0) is 36.4 Å². The molecule has 0 fully saturated rings. The first-order valence-corrected chi connectivity index (χ1v) is 7.56. The van der Waals surface area contributed by atoms with Crippen molar-refractivity contribution in [2.24, 2.45) is 0 Å². The maximum Gasteiger partial charge on any atom is 0.338 e. The second kappa shape index (κ2) is 7.19. The molecule has 3 aromatic rings. The lowest BCUT2D eigenvalue weighted by Crippen LogP contribution is -2.05. The highest BCUT2D eigenvalue weighted by Gasteiger charge is 2.11. The Labute approximate surface area is 143 Å². The van der Waals surface area contributed by atoms with Crippen molar-refractivity contribution in [3.8, 4) is 17.1 Å². The van der Waals surface area contributed by atoms with Gasteiger partial charge in [-0.25, -0.2) is 4.79 Å². The molecule has 0 aliphatic heterocycles. The summed E-state index contributed by atoms with van der Waals surface area (Å²) in [6.07, 6.45) is 0. The van der Waals surface area contributed by atoms with Crippen LogP contribution in [0.2, 0.25) is 5.02 Å². The number of hydrogen-bond acceptors (Lipinski definition) is 5. The van der Waals surface area contributed by atoms with E-state index >= 15 is 0 Å². The Balaban J connectivity index is 1.65. The van der Waals surface area contributed by atoms with Crippen LogP contribution in [0.3, 0.4) is 0 Å². The molecule has 0 unspecified atom stereocenters. The lowest BCUT2D eigenvalue weighted by Gasteiger charge is -2.02. The molecule has 0 atom stereocenters. The molecular formula is C18H14ClNO4. The molecule has 3 rings (SSSR count). The van der Waals surface area contributed by atoms with Crippen LogP contribution in [0.15, 0.2) is 59.1 Å². The van der Waals surface area contributed by atoms with Gasteiger partial charge in [-0.1, -0.05) is 28.9 Å². The summed E-state index contributed by atoms with van der Waals surface area (Å²) in [5, 5.41) is 4.47. The normalized spacial score (nSPS) is 10.4. The first kappa shape index (κ1) is 16.1. The van der Waals surface area contributed by atoms with Gasteiger partial charge in [0, 0.05) is 16.7 Å². The second-order valence-corrected chi connectivity index (χ2v) is 5.43. The van der Waals surface area contributed by atoms with Crippen molar-refractivity contribution in [2.75, 3.05) is 7.11 Å². The number of esters is 1. The number of carbonyl (C=O) groups excluding carboxylic acids is 1. The maximum atomic E-state index is 11.9. The number of carbonyl (C=O) groups is 1. The van der Waals surface area contributed by atoms with Gasteiger partial charge < -0.3 is 14.0 Å². The summed E-state index contributed by atoms with van der Waals surface area (Å²) in [6, 6.07) is 15.6. The average Bonchev–Trinajstić information content (AvgIpc) is 3.09. The van der Waals surface area contributed by atoms with Crippen LogP contribution < -0.4 is 4.74 Å². The summed E-state index contributed by atoms with van der Waals surface area (Å²) in [5.41, 5.74) is 1.78. The molecule has 24 heavy (non-hydrogen) atoms. The molecule has 2 aromatic carbocycles. The van der Waals surface area contributed by atoms with Crippen LogP contribution in [0.5, 0.6) is 5.75 Å². The fourth-order valence-corrected chi connectivity index (χ4v) is 2.23. The SMILES string of the molecule is COc1cccc(-c2cc(COC(=O)c3ccc(Cl)cc3)no2)c1. The van der Waals surface area contributed by atoms with E-state index in [2.05, 4.69) is 5.16 Å². The highest BCUT2D eigenvalue weighted by Crippen LogP contribution is 2.24. The predicted molar refractivity (Wildman–Crippen MR) is 89.1 cm³/mol. The van der Waals surface area contributed by atoms with Gasteiger partial charge in [-0.15, -0.1) is 0 Å². The van der Waals surface area contributed by atoms with Gasteiger partial charge in [0.05, 0.1) is 12.7 Å². The predicted octanol–water partition coefficient (Wildman–Crippen LogP) is 4.36. The molecule has 6 heteroatoms. The first-order valence-electron chi connectivity index (χ1n) is 7.18. The van der Waals surface area contributed by atoms with Crippen LogP contribution in [0, 0.1) is 0 Å². The number of nitrogens with zero attached hydrogens (tertiary/aromatic N) is 1. The first-order chi connectivity index (χ1) is 11.7. The monoisotopic (exact) mass is 343 g/mol. The van der Waals surface area contributed by atoms with Crippen LogP contribution >= 0.6 is 11.6 Å². The molecule has 1 aromatic heterocycles. The molecule has 0 amide bonds. The van der Waals surface area contributed by atoms with Gasteiger partial charge in [-0.3, -0.25) is 0 Å². The molecule has 1 heterocycles. The van der Waals surface area contributed by atoms with E-state index in [9.17, 15) is 4.79 Å². The van der Waals surface area contributed by atoms with Crippen molar-refractivity contribution in [3.63, 3.8) is 0 Å². The molecule has 0 saturated carbocycles. The van der Waals surface area contributed by atoms with Crippen molar-refractivity contribution < 1.29 is 18.8 Å².